The molecule has 0 spiro atoms. The van der Waals surface area contributed by atoms with Gasteiger partial charge in [-0.15, -0.1) is 0 Å². The summed E-state index contributed by atoms with van der Waals surface area (Å²) in [5.41, 5.74) is 1.83. The maximum Gasteiger partial charge on any atom is 0.295 e. The van der Waals surface area contributed by atoms with E-state index in [1.807, 2.05) is 13.8 Å². The largest absolute Gasteiger partial charge is 0.502 e. The number of aryl methyl sites for hydroxylation is 1. The first-order valence-corrected chi connectivity index (χ1v) is 12.2. The van der Waals surface area contributed by atoms with Gasteiger partial charge in [-0.1, -0.05) is 29.8 Å². The van der Waals surface area contributed by atoms with Crippen molar-refractivity contribution in [1.29, 1.82) is 0 Å². The third kappa shape index (κ3) is 4.12. The smallest absolute Gasteiger partial charge is 0.295 e. The molecule has 0 bridgehead atoms. The number of rotatable bonds is 7. The van der Waals surface area contributed by atoms with E-state index in [2.05, 4.69) is 0 Å². The van der Waals surface area contributed by atoms with Crippen LogP contribution >= 0.6 is 0 Å². The van der Waals surface area contributed by atoms with E-state index in [-0.39, 0.29) is 9.80 Å². The number of carbonyl (C=O) groups is 1. The molecule has 0 saturated carbocycles. The zero-order valence-corrected chi connectivity index (χ0v) is 19.9. The van der Waals surface area contributed by atoms with Crippen LogP contribution in [-0.4, -0.2) is 33.1 Å². The fraction of sp³-hybridized carbons (Fsp3) is 0.192. The van der Waals surface area contributed by atoms with Crippen LogP contribution in [0.5, 0.6) is 11.5 Å². The maximum absolute atomic E-state index is 13.7. The predicted octanol–water partition coefficient (Wildman–Crippen LogP) is 4.73. The number of benzene rings is 3. The van der Waals surface area contributed by atoms with Crippen molar-refractivity contribution in [3.8, 4) is 11.5 Å². The average Bonchev–Trinajstić information content (AvgIpc) is 3.11. The van der Waals surface area contributed by atoms with Crippen molar-refractivity contribution in [2.75, 3.05) is 18.6 Å². The lowest BCUT2D eigenvalue weighted by Crippen LogP contribution is -2.31. The molecule has 1 amide bonds. The minimum atomic E-state index is -4.20. The van der Waals surface area contributed by atoms with Gasteiger partial charge in [-0.25, -0.2) is 8.42 Å². The van der Waals surface area contributed by atoms with Gasteiger partial charge in [0.2, 0.25) is 9.84 Å². The molecule has 3 aromatic rings. The van der Waals surface area contributed by atoms with Crippen molar-refractivity contribution >= 4 is 21.4 Å². The fourth-order valence-electron chi connectivity index (χ4n) is 3.92. The van der Waals surface area contributed by atoms with E-state index in [9.17, 15) is 18.3 Å². The Balaban J connectivity index is 1.88. The summed E-state index contributed by atoms with van der Waals surface area (Å²) in [5, 5.41) is 10.9. The zero-order chi connectivity index (χ0) is 24.5. The molecule has 1 N–H and O–H groups in total. The number of hydrogen-bond donors (Lipinski definition) is 1. The van der Waals surface area contributed by atoms with Crippen LogP contribution in [0.15, 0.2) is 88.4 Å². The van der Waals surface area contributed by atoms with Gasteiger partial charge in [0.1, 0.15) is 22.4 Å². The van der Waals surface area contributed by atoms with Crippen molar-refractivity contribution < 1.29 is 27.8 Å². The van der Waals surface area contributed by atoms with Gasteiger partial charge in [-0.05, 0) is 67.9 Å². The maximum atomic E-state index is 13.7. The van der Waals surface area contributed by atoms with Crippen molar-refractivity contribution in [3.63, 3.8) is 0 Å². The molecule has 0 aliphatic carbocycles. The van der Waals surface area contributed by atoms with Gasteiger partial charge in [0, 0.05) is 5.69 Å². The lowest BCUT2D eigenvalue weighted by Gasteiger charge is -2.27. The third-order valence-corrected chi connectivity index (χ3v) is 7.53. The first-order chi connectivity index (χ1) is 16.3. The van der Waals surface area contributed by atoms with E-state index in [1.165, 1.54) is 24.1 Å². The van der Waals surface area contributed by atoms with Crippen LogP contribution in [0, 0.1) is 6.92 Å². The predicted molar refractivity (Wildman–Crippen MR) is 129 cm³/mol. The second-order valence-electron chi connectivity index (χ2n) is 7.81. The lowest BCUT2D eigenvalue weighted by molar-refractivity contribution is -0.117. The zero-order valence-electron chi connectivity index (χ0n) is 19.1. The van der Waals surface area contributed by atoms with Crippen LogP contribution in [-0.2, 0) is 14.6 Å². The minimum Gasteiger partial charge on any atom is -0.502 e. The monoisotopic (exact) mass is 479 g/mol. The summed E-state index contributed by atoms with van der Waals surface area (Å²) in [6.45, 7) is 4.19. The number of anilines is 1. The molecule has 0 unspecified atom stereocenters. The molecule has 1 atom stereocenters. The second kappa shape index (κ2) is 9.23. The van der Waals surface area contributed by atoms with Crippen LogP contribution in [0.2, 0.25) is 0 Å². The van der Waals surface area contributed by atoms with Gasteiger partial charge in [0.05, 0.1) is 18.6 Å². The van der Waals surface area contributed by atoms with Crippen molar-refractivity contribution in [2.45, 2.75) is 24.8 Å². The van der Waals surface area contributed by atoms with Gasteiger partial charge in [0.15, 0.2) is 5.76 Å². The highest BCUT2D eigenvalue weighted by Crippen LogP contribution is 2.45. The second-order valence-corrected chi connectivity index (χ2v) is 9.73. The molecule has 1 heterocycles. The number of ether oxygens (including phenoxy) is 2. The molecule has 0 radical (unpaired) electrons. The van der Waals surface area contributed by atoms with Crippen LogP contribution < -0.4 is 14.4 Å². The van der Waals surface area contributed by atoms with E-state index in [1.54, 1.807) is 60.7 Å². The van der Waals surface area contributed by atoms with Crippen molar-refractivity contribution in [3.05, 3.63) is 94.6 Å². The molecule has 34 heavy (non-hydrogen) atoms. The van der Waals surface area contributed by atoms with Crippen LogP contribution in [0.4, 0.5) is 5.69 Å². The Bertz CT molecular complexity index is 1330. The summed E-state index contributed by atoms with van der Waals surface area (Å²) in [4.78, 5) is 14.2. The molecule has 8 heteroatoms. The Morgan fingerprint density at radius 3 is 2.06 bits per heavy atom. The molecule has 1 aliphatic rings. The quantitative estimate of drug-likeness (QED) is 0.526. The Morgan fingerprint density at radius 1 is 0.912 bits per heavy atom. The number of hydrogen-bond acceptors (Lipinski definition) is 6. The minimum absolute atomic E-state index is 0.0000302. The third-order valence-electron chi connectivity index (χ3n) is 5.64. The highest BCUT2D eigenvalue weighted by molar-refractivity contribution is 7.95. The Labute approximate surface area is 198 Å². The Hall–Kier alpha value is -3.78. The Morgan fingerprint density at radius 2 is 1.50 bits per heavy atom. The summed E-state index contributed by atoms with van der Waals surface area (Å²) in [5.74, 6) is -0.398. The number of amides is 1. The number of sulfone groups is 1. The Kier molecular flexibility index (Phi) is 6.34. The van der Waals surface area contributed by atoms with Gasteiger partial charge in [-0.3, -0.25) is 9.69 Å². The number of methoxy groups -OCH3 is 1. The molecule has 0 fully saturated rings. The molecule has 0 aromatic heterocycles. The molecule has 1 aliphatic heterocycles. The first kappa shape index (κ1) is 23.4. The molecular formula is C26H25NO6S. The van der Waals surface area contributed by atoms with Gasteiger partial charge < -0.3 is 14.6 Å². The molecule has 3 aromatic carbocycles. The molecule has 4 rings (SSSR count). The number of aliphatic hydroxyl groups excluding tert-OH is 1. The topological polar surface area (TPSA) is 93.1 Å². The van der Waals surface area contributed by atoms with Crippen LogP contribution in [0.25, 0.3) is 0 Å². The van der Waals surface area contributed by atoms with Crippen LogP contribution in [0.1, 0.15) is 24.1 Å². The summed E-state index contributed by atoms with van der Waals surface area (Å²) >= 11 is 0. The first-order valence-electron chi connectivity index (χ1n) is 10.7. The molecule has 7 nitrogen and oxygen atoms in total. The fourth-order valence-corrected chi connectivity index (χ4v) is 5.55. The number of carbonyl (C=O) groups excluding carboxylic acids is 1. The van der Waals surface area contributed by atoms with E-state index in [4.69, 9.17) is 9.47 Å². The highest BCUT2D eigenvalue weighted by Gasteiger charge is 2.47. The van der Waals surface area contributed by atoms with E-state index < -0.39 is 27.5 Å². The lowest BCUT2D eigenvalue weighted by atomic mass is 10.1. The van der Waals surface area contributed by atoms with Gasteiger partial charge in [0.25, 0.3) is 5.91 Å². The van der Waals surface area contributed by atoms with Gasteiger partial charge in [-0.2, -0.15) is 0 Å². The standard InChI is InChI=1S/C26H25NO6S/c1-4-33-21-11-7-18(8-12-21)23-25(34(30,31)22-15-5-17(2)6-16-22)24(28)26(29)27(23)19-9-13-20(32-3)14-10-19/h5-16,23,28H,4H2,1-3H3/t23-/m1/s1. The average molecular weight is 480 g/mol. The van der Waals surface area contributed by atoms with E-state index in [0.29, 0.717) is 29.4 Å². The van der Waals surface area contributed by atoms with Crippen molar-refractivity contribution in [2.24, 2.45) is 0 Å². The summed E-state index contributed by atoms with van der Waals surface area (Å²) in [7, 11) is -2.67. The summed E-state index contributed by atoms with van der Waals surface area (Å²) in [6.07, 6.45) is 0. The molecular weight excluding hydrogens is 454 g/mol. The van der Waals surface area contributed by atoms with Gasteiger partial charge >= 0.3 is 0 Å². The number of aliphatic hydroxyl groups is 1. The SMILES string of the molecule is CCOc1ccc([C@@H]2C(S(=O)(=O)c3ccc(C)cc3)=C(O)C(=O)N2c2ccc(OC)cc2)cc1. The van der Waals surface area contributed by atoms with Crippen LogP contribution in [0.3, 0.4) is 0 Å². The van der Waals surface area contributed by atoms with E-state index >= 15 is 0 Å². The van der Waals surface area contributed by atoms with Crippen molar-refractivity contribution in [1.82, 2.24) is 0 Å². The summed E-state index contributed by atoms with van der Waals surface area (Å²) < 4.78 is 38.1. The molecule has 176 valence electrons. The number of nitrogens with zero attached hydrogens (tertiary/aromatic N) is 1. The highest BCUT2D eigenvalue weighted by atomic mass is 32.2. The summed E-state index contributed by atoms with van der Waals surface area (Å²) in [6, 6.07) is 18.7. The van der Waals surface area contributed by atoms with E-state index in [0.717, 1.165) is 5.56 Å². The molecule has 0 saturated heterocycles. The normalized spacial score (nSPS) is 16.1.